The van der Waals surface area contributed by atoms with Crippen LogP contribution in [-0.2, 0) is 22.7 Å². The van der Waals surface area contributed by atoms with E-state index in [4.69, 9.17) is 4.74 Å². The largest absolute Gasteiger partial charge is 0.380 e. The molecule has 1 fully saturated rings. The Morgan fingerprint density at radius 3 is 3.00 bits per heavy atom. The normalized spacial score (nSPS) is 19.6. The lowest BCUT2D eigenvalue weighted by atomic mass is 9.85. The summed E-state index contributed by atoms with van der Waals surface area (Å²) in [6.07, 6.45) is 3.08. The molecule has 2 unspecified atom stereocenters. The van der Waals surface area contributed by atoms with Crippen LogP contribution in [0.2, 0.25) is 0 Å². The molecule has 0 radical (unpaired) electrons. The summed E-state index contributed by atoms with van der Waals surface area (Å²) in [5, 5.41) is 6.46. The highest BCUT2D eigenvalue weighted by atomic mass is 16.5. The second-order valence-corrected chi connectivity index (χ2v) is 6.32. The molecule has 1 saturated heterocycles. The number of carbonyl (C=O) groups is 1. The first-order valence-corrected chi connectivity index (χ1v) is 8.23. The maximum atomic E-state index is 12.1. The van der Waals surface area contributed by atoms with Crippen LogP contribution in [-0.4, -0.2) is 26.1 Å². The molecule has 0 aliphatic carbocycles. The monoisotopic (exact) mass is 304 g/mol. The Balaban J connectivity index is 1.76. The maximum Gasteiger partial charge on any atom is 0.220 e. The second-order valence-electron chi connectivity index (χ2n) is 6.32. The highest BCUT2D eigenvalue weighted by Gasteiger charge is 2.21. The molecular weight excluding hydrogens is 276 g/mol. The van der Waals surface area contributed by atoms with Crippen molar-refractivity contribution >= 4 is 5.91 Å². The third-order valence-electron chi connectivity index (χ3n) is 4.44. The van der Waals surface area contributed by atoms with E-state index in [0.717, 1.165) is 24.2 Å². The Hall–Kier alpha value is -1.39. The first kappa shape index (κ1) is 17.0. The van der Waals surface area contributed by atoms with Crippen molar-refractivity contribution in [2.45, 2.75) is 39.3 Å². The molecule has 2 rings (SSSR count). The highest BCUT2D eigenvalue weighted by Crippen LogP contribution is 2.22. The van der Waals surface area contributed by atoms with Gasteiger partial charge >= 0.3 is 0 Å². The molecule has 0 saturated carbocycles. The summed E-state index contributed by atoms with van der Waals surface area (Å²) in [5.41, 5.74) is 2.26. The van der Waals surface area contributed by atoms with E-state index >= 15 is 0 Å². The van der Waals surface area contributed by atoms with E-state index < -0.39 is 0 Å². The number of amides is 1. The molecule has 1 aromatic carbocycles. The summed E-state index contributed by atoms with van der Waals surface area (Å²) in [7, 11) is 1.69. The Morgan fingerprint density at radius 1 is 1.45 bits per heavy atom. The number of hydrogen-bond acceptors (Lipinski definition) is 3. The first-order valence-electron chi connectivity index (χ1n) is 8.23. The fraction of sp³-hybridized carbons (Fsp3) is 0.611. The SMILES string of the molecule is COCc1cccc(CNC(=O)CC(C)C2CCCNC2)c1. The van der Waals surface area contributed by atoms with Crippen LogP contribution < -0.4 is 10.6 Å². The lowest BCUT2D eigenvalue weighted by molar-refractivity contribution is -0.122. The highest BCUT2D eigenvalue weighted by molar-refractivity contribution is 5.76. The third kappa shape index (κ3) is 5.43. The Morgan fingerprint density at radius 2 is 2.27 bits per heavy atom. The van der Waals surface area contributed by atoms with E-state index in [1.54, 1.807) is 7.11 Å². The molecule has 22 heavy (non-hydrogen) atoms. The van der Waals surface area contributed by atoms with Gasteiger partial charge in [-0.1, -0.05) is 31.2 Å². The van der Waals surface area contributed by atoms with Crippen molar-refractivity contribution in [1.82, 2.24) is 10.6 Å². The summed E-state index contributed by atoms with van der Waals surface area (Å²) in [6, 6.07) is 8.16. The van der Waals surface area contributed by atoms with Crippen molar-refractivity contribution in [2.24, 2.45) is 11.8 Å². The van der Waals surface area contributed by atoms with Crippen LogP contribution in [0.15, 0.2) is 24.3 Å². The van der Waals surface area contributed by atoms with Crippen LogP contribution >= 0.6 is 0 Å². The van der Waals surface area contributed by atoms with Crippen LogP contribution in [0, 0.1) is 11.8 Å². The molecule has 1 amide bonds. The van der Waals surface area contributed by atoms with Gasteiger partial charge in [0.2, 0.25) is 5.91 Å². The number of benzene rings is 1. The van der Waals surface area contributed by atoms with E-state index in [-0.39, 0.29) is 5.91 Å². The van der Waals surface area contributed by atoms with E-state index in [1.165, 1.54) is 12.8 Å². The molecule has 1 aliphatic heterocycles. The van der Waals surface area contributed by atoms with Gasteiger partial charge in [-0.2, -0.15) is 0 Å². The molecule has 2 N–H and O–H groups in total. The minimum atomic E-state index is 0.148. The van der Waals surface area contributed by atoms with Crippen molar-refractivity contribution in [3.05, 3.63) is 35.4 Å². The topological polar surface area (TPSA) is 50.4 Å². The summed E-state index contributed by atoms with van der Waals surface area (Å²) >= 11 is 0. The molecule has 1 aromatic rings. The van der Waals surface area contributed by atoms with Gasteiger partial charge in [0.15, 0.2) is 0 Å². The van der Waals surface area contributed by atoms with Crippen molar-refractivity contribution in [3.8, 4) is 0 Å². The Labute approximate surface area is 133 Å². The average Bonchev–Trinajstić information content (AvgIpc) is 2.54. The Kier molecular flexibility index (Phi) is 6.87. The lowest BCUT2D eigenvalue weighted by Gasteiger charge is -2.28. The molecule has 4 nitrogen and oxygen atoms in total. The zero-order valence-electron chi connectivity index (χ0n) is 13.7. The van der Waals surface area contributed by atoms with Crippen LogP contribution in [0.3, 0.4) is 0 Å². The maximum absolute atomic E-state index is 12.1. The van der Waals surface area contributed by atoms with Crippen molar-refractivity contribution in [3.63, 3.8) is 0 Å². The third-order valence-corrected chi connectivity index (χ3v) is 4.44. The summed E-state index contributed by atoms with van der Waals surface area (Å²) in [6.45, 7) is 5.55. The van der Waals surface area contributed by atoms with E-state index in [2.05, 4.69) is 23.6 Å². The van der Waals surface area contributed by atoms with Crippen LogP contribution in [0.4, 0.5) is 0 Å². The van der Waals surface area contributed by atoms with Crippen molar-refractivity contribution in [2.75, 3.05) is 20.2 Å². The molecule has 122 valence electrons. The number of nitrogens with one attached hydrogen (secondary N) is 2. The van der Waals surface area contributed by atoms with E-state index in [1.807, 2.05) is 18.2 Å². The molecule has 0 aromatic heterocycles. The molecular formula is C18H28N2O2. The molecule has 0 bridgehead atoms. The standard InChI is InChI=1S/C18H28N2O2/c1-14(17-7-4-8-19-12-17)9-18(21)20-11-15-5-3-6-16(10-15)13-22-2/h3,5-6,10,14,17,19H,4,7-9,11-13H2,1-2H3,(H,20,21). The van der Waals surface area contributed by atoms with Gasteiger partial charge < -0.3 is 15.4 Å². The quantitative estimate of drug-likeness (QED) is 0.813. The van der Waals surface area contributed by atoms with Crippen LogP contribution in [0.25, 0.3) is 0 Å². The second kappa shape index (κ2) is 8.91. The molecule has 0 spiro atoms. The van der Waals surface area contributed by atoms with Gasteiger partial charge in [-0.3, -0.25) is 4.79 Å². The van der Waals surface area contributed by atoms with Gasteiger partial charge in [-0.25, -0.2) is 0 Å². The fourth-order valence-electron chi connectivity index (χ4n) is 3.09. The molecule has 1 heterocycles. The van der Waals surface area contributed by atoms with E-state index in [9.17, 15) is 4.79 Å². The zero-order chi connectivity index (χ0) is 15.8. The zero-order valence-corrected chi connectivity index (χ0v) is 13.7. The predicted octanol–water partition coefficient (Wildman–Crippen LogP) is 2.48. The van der Waals surface area contributed by atoms with Crippen LogP contribution in [0.5, 0.6) is 0 Å². The van der Waals surface area contributed by atoms with Gasteiger partial charge in [-0.15, -0.1) is 0 Å². The molecule has 1 aliphatic rings. The average molecular weight is 304 g/mol. The first-order chi connectivity index (χ1) is 10.7. The summed E-state index contributed by atoms with van der Waals surface area (Å²) in [5.74, 6) is 1.22. The minimum absolute atomic E-state index is 0.148. The number of piperidine rings is 1. The summed E-state index contributed by atoms with van der Waals surface area (Å²) in [4.78, 5) is 12.1. The number of hydrogen-bond donors (Lipinski definition) is 2. The van der Waals surface area contributed by atoms with Gasteiger partial charge in [0.05, 0.1) is 6.61 Å². The lowest BCUT2D eigenvalue weighted by Crippen LogP contribution is -2.35. The minimum Gasteiger partial charge on any atom is -0.380 e. The summed E-state index contributed by atoms with van der Waals surface area (Å²) < 4.78 is 5.13. The predicted molar refractivity (Wildman–Crippen MR) is 88.4 cm³/mol. The van der Waals surface area contributed by atoms with Gasteiger partial charge in [0, 0.05) is 20.1 Å². The van der Waals surface area contributed by atoms with Crippen LogP contribution in [0.1, 0.15) is 37.3 Å². The number of carbonyl (C=O) groups excluding carboxylic acids is 1. The number of rotatable bonds is 7. The van der Waals surface area contributed by atoms with E-state index in [0.29, 0.717) is 31.4 Å². The smallest absolute Gasteiger partial charge is 0.220 e. The van der Waals surface area contributed by atoms with Gasteiger partial charge in [0.1, 0.15) is 0 Å². The Bertz CT molecular complexity index is 470. The van der Waals surface area contributed by atoms with Crippen molar-refractivity contribution in [1.29, 1.82) is 0 Å². The fourth-order valence-corrected chi connectivity index (χ4v) is 3.09. The van der Waals surface area contributed by atoms with Crippen molar-refractivity contribution < 1.29 is 9.53 Å². The number of methoxy groups -OCH3 is 1. The number of ether oxygens (including phenoxy) is 1. The van der Waals surface area contributed by atoms with Gasteiger partial charge in [-0.05, 0) is 48.9 Å². The van der Waals surface area contributed by atoms with Gasteiger partial charge in [0.25, 0.3) is 0 Å². The molecule has 2 atom stereocenters. The molecule has 4 heteroatoms.